The van der Waals surface area contributed by atoms with Gasteiger partial charge in [0.05, 0.1) is 28.1 Å². The van der Waals surface area contributed by atoms with Crippen molar-refractivity contribution in [3.63, 3.8) is 0 Å². The summed E-state index contributed by atoms with van der Waals surface area (Å²) in [7, 11) is -3.71. The van der Waals surface area contributed by atoms with Gasteiger partial charge in [-0.3, -0.25) is 4.79 Å². The molecule has 0 radical (unpaired) electrons. The molecule has 1 aromatic heterocycles. The van der Waals surface area contributed by atoms with Crippen LogP contribution < -0.4 is 10.1 Å². The Bertz CT molecular complexity index is 1290. The smallest absolute Gasteiger partial charge is 0.243 e. The molecule has 0 aliphatic carbocycles. The molecule has 2 aromatic carbocycles. The average molecular weight is 500 g/mol. The molecule has 1 saturated heterocycles. The van der Waals surface area contributed by atoms with E-state index in [0.29, 0.717) is 37.4 Å². The lowest BCUT2D eigenvalue weighted by molar-refractivity contribution is -0.120. The molecular weight excluding hydrogens is 470 g/mol. The van der Waals surface area contributed by atoms with Gasteiger partial charge in [0.25, 0.3) is 0 Å². The van der Waals surface area contributed by atoms with Crippen molar-refractivity contribution in [3.05, 3.63) is 58.4 Å². The zero-order valence-electron chi connectivity index (χ0n) is 19.6. The van der Waals surface area contributed by atoms with Gasteiger partial charge in [0.2, 0.25) is 15.9 Å². The first-order valence-electron chi connectivity index (χ1n) is 11.3. The van der Waals surface area contributed by atoms with Crippen LogP contribution in [0.2, 0.25) is 0 Å². The first-order valence-corrected chi connectivity index (χ1v) is 13.7. The number of carbonyl (C=O) groups is 1. The number of aryl methyl sites for hydroxylation is 2. The number of thiazole rings is 1. The van der Waals surface area contributed by atoms with E-state index in [9.17, 15) is 13.2 Å². The average Bonchev–Trinajstić information content (AvgIpc) is 3.27. The van der Waals surface area contributed by atoms with Gasteiger partial charge in [-0.15, -0.1) is 11.3 Å². The number of sulfonamides is 1. The van der Waals surface area contributed by atoms with E-state index in [2.05, 4.69) is 10.3 Å². The summed E-state index contributed by atoms with van der Waals surface area (Å²) in [6.07, 6.45) is 1.27. The second-order valence-corrected chi connectivity index (χ2v) is 11.4. The van der Waals surface area contributed by atoms with E-state index >= 15 is 0 Å². The summed E-state index contributed by atoms with van der Waals surface area (Å²) in [4.78, 5) is 17.8. The molecule has 0 saturated carbocycles. The van der Waals surface area contributed by atoms with Crippen LogP contribution in [0.5, 0.6) is 5.75 Å². The van der Waals surface area contributed by atoms with Crippen LogP contribution in [0.3, 0.4) is 0 Å². The highest BCUT2D eigenvalue weighted by Gasteiger charge is 2.33. The van der Waals surface area contributed by atoms with Gasteiger partial charge in [-0.1, -0.05) is 12.1 Å². The topological polar surface area (TPSA) is 88.6 Å². The quantitative estimate of drug-likeness (QED) is 0.501. The van der Waals surface area contributed by atoms with Gasteiger partial charge in [-0.05, 0) is 69.5 Å². The fourth-order valence-electron chi connectivity index (χ4n) is 4.12. The maximum absolute atomic E-state index is 13.3. The lowest BCUT2D eigenvalue weighted by atomic mass is 9.98. The van der Waals surface area contributed by atoms with Crippen LogP contribution in [0.15, 0.2) is 52.7 Å². The molecule has 1 aliphatic rings. The van der Waals surface area contributed by atoms with E-state index in [0.717, 1.165) is 21.8 Å². The van der Waals surface area contributed by atoms with Crippen molar-refractivity contribution < 1.29 is 17.9 Å². The van der Waals surface area contributed by atoms with Crippen LogP contribution in [0.25, 0.3) is 11.3 Å². The fraction of sp³-hybridized carbons (Fsp3) is 0.360. The number of aromatic nitrogens is 1. The molecule has 3 aromatic rings. The Labute approximate surface area is 204 Å². The van der Waals surface area contributed by atoms with E-state index in [1.807, 2.05) is 50.4 Å². The van der Waals surface area contributed by atoms with Crippen molar-refractivity contribution in [2.75, 3.05) is 25.0 Å². The number of amides is 1. The van der Waals surface area contributed by atoms with Gasteiger partial charge >= 0.3 is 0 Å². The van der Waals surface area contributed by atoms with Crippen molar-refractivity contribution in [1.29, 1.82) is 0 Å². The Kier molecular flexibility index (Phi) is 7.35. The number of hydrogen-bond acceptors (Lipinski definition) is 6. The minimum absolute atomic E-state index is 0.158. The number of rotatable bonds is 7. The third-order valence-corrected chi connectivity index (χ3v) is 8.52. The van der Waals surface area contributed by atoms with Gasteiger partial charge in [0.15, 0.2) is 0 Å². The molecule has 4 rings (SSSR count). The molecule has 1 unspecified atom stereocenters. The van der Waals surface area contributed by atoms with E-state index < -0.39 is 15.9 Å². The molecule has 1 aliphatic heterocycles. The number of hydrogen-bond donors (Lipinski definition) is 1. The second-order valence-electron chi connectivity index (χ2n) is 8.38. The summed E-state index contributed by atoms with van der Waals surface area (Å²) in [5.74, 6) is 0.0827. The molecule has 1 amide bonds. The number of anilines is 1. The zero-order valence-corrected chi connectivity index (χ0v) is 21.2. The Morgan fingerprint density at radius 2 is 2.06 bits per heavy atom. The van der Waals surface area contributed by atoms with Gasteiger partial charge < -0.3 is 10.1 Å². The number of piperidine rings is 1. The van der Waals surface area contributed by atoms with Crippen molar-refractivity contribution in [1.82, 2.24) is 9.29 Å². The molecule has 2 heterocycles. The first kappa shape index (κ1) is 24.4. The highest BCUT2D eigenvalue weighted by atomic mass is 32.2. The molecular formula is C25H29N3O4S2. The lowest BCUT2D eigenvalue weighted by Crippen LogP contribution is -2.43. The molecule has 1 fully saturated rings. The largest absolute Gasteiger partial charge is 0.494 e. The molecule has 1 atom stereocenters. The molecule has 0 spiro atoms. The number of nitrogens with one attached hydrogen (secondary N) is 1. The Hall–Kier alpha value is -2.75. The fourth-order valence-corrected chi connectivity index (χ4v) is 6.35. The summed E-state index contributed by atoms with van der Waals surface area (Å²) in [5.41, 5.74) is 3.25. The van der Waals surface area contributed by atoms with Gasteiger partial charge in [0.1, 0.15) is 5.75 Å². The number of carbonyl (C=O) groups excluding carboxylic acids is 1. The summed E-state index contributed by atoms with van der Waals surface area (Å²) < 4.78 is 33.5. The summed E-state index contributed by atoms with van der Waals surface area (Å²) in [6.45, 7) is 6.75. The van der Waals surface area contributed by atoms with Crippen LogP contribution in [-0.2, 0) is 14.8 Å². The minimum Gasteiger partial charge on any atom is -0.494 e. The SMILES string of the molecule is CCOc1ccc(S(=O)(=O)N2CCCC(C(=O)Nc3cccc(-c4csc(C)n4)c3)C2)cc1C. The normalized spacial score (nSPS) is 16.9. The van der Waals surface area contributed by atoms with Crippen molar-refractivity contribution >= 4 is 33.0 Å². The van der Waals surface area contributed by atoms with Crippen LogP contribution in [0, 0.1) is 19.8 Å². The monoisotopic (exact) mass is 499 g/mol. The van der Waals surface area contributed by atoms with Crippen LogP contribution in [0.4, 0.5) is 5.69 Å². The van der Waals surface area contributed by atoms with Gasteiger partial charge in [0, 0.05) is 29.7 Å². The summed E-state index contributed by atoms with van der Waals surface area (Å²) in [5, 5.41) is 5.94. The van der Waals surface area contributed by atoms with Gasteiger partial charge in [-0.25, -0.2) is 13.4 Å². The molecule has 9 heteroatoms. The van der Waals surface area contributed by atoms with E-state index in [4.69, 9.17) is 4.74 Å². The van der Waals surface area contributed by atoms with Crippen LogP contribution in [0.1, 0.15) is 30.3 Å². The summed E-state index contributed by atoms with van der Waals surface area (Å²) >= 11 is 1.58. The predicted molar refractivity (Wildman–Crippen MR) is 135 cm³/mol. The number of benzene rings is 2. The van der Waals surface area contributed by atoms with Crippen molar-refractivity contribution in [3.8, 4) is 17.0 Å². The molecule has 1 N–H and O–H groups in total. The first-order chi connectivity index (χ1) is 16.3. The van der Waals surface area contributed by atoms with Crippen molar-refractivity contribution in [2.45, 2.75) is 38.5 Å². The maximum Gasteiger partial charge on any atom is 0.243 e. The van der Waals surface area contributed by atoms with E-state index in [1.165, 1.54) is 4.31 Å². The standard InChI is InChI=1S/C25H29N3O4S2/c1-4-32-24-11-10-22(13-17(24)2)34(30,31)28-12-6-8-20(15-28)25(29)27-21-9-5-7-19(14-21)23-16-33-18(3)26-23/h5,7,9-11,13-14,16,20H,4,6,8,12,15H2,1-3H3,(H,27,29). The molecule has 34 heavy (non-hydrogen) atoms. The van der Waals surface area contributed by atoms with Crippen LogP contribution >= 0.6 is 11.3 Å². The number of nitrogens with zero attached hydrogens (tertiary/aromatic N) is 2. The Balaban J connectivity index is 1.46. The Morgan fingerprint density at radius 1 is 1.24 bits per heavy atom. The third kappa shape index (κ3) is 5.32. The van der Waals surface area contributed by atoms with E-state index in [1.54, 1.807) is 29.5 Å². The molecule has 7 nitrogen and oxygen atoms in total. The predicted octanol–water partition coefficient (Wildman–Crippen LogP) is 4.87. The maximum atomic E-state index is 13.3. The number of ether oxygens (including phenoxy) is 1. The molecule has 180 valence electrons. The highest BCUT2D eigenvalue weighted by Crippen LogP contribution is 2.29. The van der Waals surface area contributed by atoms with Gasteiger partial charge in [-0.2, -0.15) is 4.31 Å². The lowest BCUT2D eigenvalue weighted by Gasteiger charge is -2.31. The van der Waals surface area contributed by atoms with E-state index in [-0.39, 0.29) is 17.3 Å². The highest BCUT2D eigenvalue weighted by molar-refractivity contribution is 7.89. The van der Waals surface area contributed by atoms with Crippen molar-refractivity contribution in [2.24, 2.45) is 5.92 Å². The Morgan fingerprint density at radius 3 is 2.76 bits per heavy atom. The summed E-state index contributed by atoms with van der Waals surface area (Å²) in [6, 6.07) is 12.5. The second kappa shape index (κ2) is 10.2. The minimum atomic E-state index is -3.71. The zero-order chi connectivity index (χ0) is 24.3. The third-order valence-electron chi connectivity index (χ3n) is 5.88. The van der Waals surface area contributed by atoms with Crippen LogP contribution in [-0.4, -0.2) is 43.3 Å². The molecule has 0 bridgehead atoms.